The summed E-state index contributed by atoms with van der Waals surface area (Å²) in [6.45, 7) is 0. The molecule has 0 aliphatic heterocycles. The second kappa shape index (κ2) is 15.8. The summed E-state index contributed by atoms with van der Waals surface area (Å²) in [5.74, 6) is 0. The number of anilines is 3. The molecule has 6 aromatic carbocycles. The fraction of sp³-hybridized carbons (Fsp3) is 0. The van der Waals surface area contributed by atoms with E-state index in [-0.39, 0.29) is 0 Å². The van der Waals surface area contributed by atoms with E-state index in [1.165, 1.54) is 0 Å². The highest BCUT2D eigenvalue weighted by molar-refractivity contribution is 5.82. The number of nitrogens with zero attached hydrogens (tertiary/aromatic N) is 1. The maximum atomic E-state index is 11.0. The minimum Gasteiger partial charge on any atom is -0.311 e. The lowest BCUT2D eigenvalue weighted by atomic mass is 10.1. The Bertz CT molecular complexity index is 1850. The van der Waals surface area contributed by atoms with E-state index in [1.54, 1.807) is 0 Å². The average Bonchev–Trinajstić information content (AvgIpc) is 3.17. The van der Waals surface area contributed by atoms with Gasteiger partial charge in [0.2, 0.25) is 0 Å². The maximum absolute atomic E-state index is 11.0. The summed E-state index contributed by atoms with van der Waals surface area (Å²) < 4.78 is 0. The summed E-state index contributed by atoms with van der Waals surface area (Å²) in [6.07, 6.45) is 14.8. The van der Waals surface area contributed by atoms with Crippen LogP contribution >= 0.6 is 0 Å². The highest BCUT2D eigenvalue weighted by Crippen LogP contribution is 2.35. The van der Waals surface area contributed by atoms with Crippen LogP contribution in [0.5, 0.6) is 0 Å². The average molecular weight is 636 g/mol. The second-order valence-electron chi connectivity index (χ2n) is 11.5. The Morgan fingerprint density at radius 3 is 0.592 bits per heavy atom. The van der Waals surface area contributed by atoms with Crippen LogP contribution in [0.1, 0.15) is 64.5 Å². The van der Waals surface area contributed by atoms with Crippen molar-refractivity contribution in [1.82, 2.24) is 0 Å². The van der Waals surface area contributed by atoms with Gasteiger partial charge >= 0.3 is 0 Å². The zero-order valence-electron chi connectivity index (χ0n) is 26.7. The summed E-state index contributed by atoms with van der Waals surface area (Å²) in [6, 6.07) is 47.7. The molecule has 6 aromatic rings. The van der Waals surface area contributed by atoms with Gasteiger partial charge in [0.25, 0.3) is 0 Å². The van der Waals surface area contributed by atoms with Gasteiger partial charge in [-0.2, -0.15) is 0 Å². The number of rotatable bonds is 12. The van der Waals surface area contributed by atoms with E-state index in [4.69, 9.17) is 0 Å². The van der Waals surface area contributed by atoms with E-state index < -0.39 is 0 Å². The van der Waals surface area contributed by atoms with Crippen LogP contribution in [0.2, 0.25) is 0 Å². The van der Waals surface area contributed by atoms with Gasteiger partial charge < -0.3 is 4.90 Å². The molecule has 0 spiro atoms. The zero-order chi connectivity index (χ0) is 33.8. The fourth-order valence-corrected chi connectivity index (χ4v) is 5.29. The lowest BCUT2D eigenvalue weighted by Gasteiger charge is -2.26. The molecule has 0 unspecified atom stereocenters. The monoisotopic (exact) mass is 635 g/mol. The van der Waals surface area contributed by atoms with E-state index >= 15 is 0 Å². The number of aldehydes is 3. The van der Waals surface area contributed by atoms with Gasteiger partial charge in [0.15, 0.2) is 0 Å². The Kier molecular flexibility index (Phi) is 10.4. The molecule has 49 heavy (non-hydrogen) atoms. The van der Waals surface area contributed by atoms with Crippen LogP contribution in [-0.2, 0) is 0 Å². The molecule has 4 nitrogen and oxygen atoms in total. The summed E-state index contributed by atoms with van der Waals surface area (Å²) in [4.78, 5) is 35.2. The van der Waals surface area contributed by atoms with Gasteiger partial charge in [-0.25, -0.2) is 0 Å². The summed E-state index contributed by atoms with van der Waals surface area (Å²) in [5, 5.41) is 0. The topological polar surface area (TPSA) is 54.5 Å². The molecule has 0 aromatic heterocycles. The SMILES string of the molecule is O=Cc1ccc(C=Cc2ccc(N(c3ccc(C=Cc4ccc(C=O)cc4)cc3)c3ccc(C=Cc4ccc(C=O)cc4)cc3)cc2)cc1. The molecule has 0 saturated heterocycles. The van der Waals surface area contributed by atoms with Crippen LogP contribution in [0.3, 0.4) is 0 Å². The van der Waals surface area contributed by atoms with Crippen molar-refractivity contribution in [2.24, 2.45) is 0 Å². The Hall–Kier alpha value is -6.65. The number of carbonyl (C=O) groups is 3. The number of benzene rings is 6. The molecule has 4 heteroatoms. The van der Waals surface area contributed by atoms with E-state index in [9.17, 15) is 14.4 Å². The molecule has 0 heterocycles. The summed E-state index contributed by atoms with van der Waals surface area (Å²) in [5.41, 5.74) is 11.3. The fourth-order valence-electron chi connectivity index (χ4n) is 5.29. The first-order chi connectivity index (χ1) is 24.1. The summed E-state index contributed by atoms with van der Waals surface area (Å²) >= 11 is 0. The zero-order valence-corrected chi connectivity index (χ0v) is 26.7. The van der Waals surface area contributed by atoms with Crippen LogP contribution in [-0.4, -0.2) is 18.9 Å². The van der Waals surface area contributed by atoms with E-state index in [0.29, 0.717) is 16.7 Å². The van der Waals surface area contributed by atoms with Gasteiger partial charge in [-0.05, 0) is 69.8 Å². The van der Waals surface area contributed by atoms with Crippen LogP contribution in [0.25, 0.3) is 36.5 Å². The molecule has 0 fully saturated rings. The predicted octanol–water partition coefficient (Wildman–Crippen LogP) is 11.1. The third kappa shape index (κ3) is 8.59. The van der Waals surface area contributed by atoms with Crippen molar-refractivity contribution < 1.29 is 14.4 Å². The van der Waals surface area contributed by atoms with Crippen molar-refractivity contribution in [3.05, 3.63) is 196 Å². The third-order valence-electron chi connectivity index (χ3n) is 8.08. The molecule has 0 N–H and O–H groups in total. The molecule has 0 aliphatic rings. The van der Waals surface area contributed by atoms with Crippen LogP contribution in [0.4, 0.5) is 17.1 Å². The quantitative estimate of drug-likeness (QED) is 0.0992. The van der Waals surface area contributed by atoms with Crippen LogP contribution < -0.4 is 4.90 Å². The Balaban J connectivity index is 1.25. The number of hydrogen-bond donors (Lipinski definition) is 0. The van der Waals surface area contributed by atoms with Gasteiger partial charge in [0.05, 0.1) is 0 Å². The summed E-state index contributed by atoms with van der Waals surface area (Å²) in [7, 11) is 0. The van der Waals surface area contributed by atoms with Crippen molar-refractivity contribution in [1.29, 1.82) is 0 Å². The predicted molar refractivity (Wildman–Crippen MR) is 203 cm³/mol. The van der Waals surface area contributed by atoms with Crippen molar-refractivity contribution in [2.75, 3.05) is 4.90 Å². The van der Waals surface area contributed by atoms with Crippen LogP contribution in [0.15, 0.2) is 146 Å². The standard InChI is InChI=1S/C45H33NO3/c47-31-40-13-7-34(8-14-40)1-4-37-19-25-43(26-20-37)46(44-27-21-38(22-28-44)5-2-35-9-15-41(32-48)16-10-35)45-29-23-39(24-30-45)6-3-36-11-17-42(33-49)18-12-36/h1-33H. The van der Waals surface area contributed by atoms with E-state index in [2.05, 4.69) is 95.9 Å². The Morgan fingerprint density at radius 2 is 0.408 bits per heavy atom. The minimum absolute atomic E-state index is 0.658. The lowest BCUT2D eigenvalue weighted by molar-refractivity contribution is 0.111. The van der Waals surface area contributed by atoms with Gasteiger partial charge in [0, 0.05) is 33.8 Å². The first-order valence-corrected chi connectivity index (χ1v) is 15.9. The normalized spacial score (nSPS) is 11.3. The molecule has 0 aliphatic carbocycles. The Morgan fingerprint density at radius 1 is 0.245 bits per heavy atom. The molecule has 0 radical (unpaired) electrons. The van der Waals surface area contributed by atoms with E-state index in [0.717, 1.165) is 69.3 Å². The molecule has 0 atom stereocenters. The molecule has 0 saturated carbocycles. The highest BCUT2D eigenvalue weighted by atomic mass is 16.1. The molecular formula is C45H33NO3. The molecular weight excluding hydrogens is 602 g/mol. The van der Waals surface area contributed by atoms with Crippen molar-refractivity contribution >= 4 is 72.4 Å². The van der Waals surface area contributed by atoms with Crippen molar-refractivity contribution in [3.8, 4) is 0 Å². The molecule has 236 valence electrons. The minimum atomic E-state index is 0.658. The Labute approximate surface area is 286 Å². The van der Waals surface area contributed by atoms with Crippen molar-refractivity contribution in [2.45, 2.75) is 0 Å². The molecule has 0 bridgehead atoms. The lowest BCUT2D eigenvalue weighted by Crippen LogP contribution is -2.09. The van der Waals surface area contributed by atoms with E-state index in [1.807, 2.05) is 91.0 Å². The first-order valence-electron chi connectivity index (χ1n) is 15.9. The smallest absolute Gasteiger partial charge is 0.150 e. The maximum Gasteiger partial charge on any atom is 0.150 e. The number of hydrogen-bond acceptors (Lipinski definition) is 4. The molecule has 6 rings (SSSR count). The van der Waals surface area contributed by atoms with Gasteiger partial charge in [-0.3, -0.25) is 14.4 Å². The largest absolute Gasteiger partial charge is 0.311 e. The van der Waals surface area contributed by atoms with Crippen molar-refractivity contribution in [3.63, 3.8) is 0 Å². The third-order valence-corrected chi connectivity index (χ3v) is 8.08. The van der Waals surface area contributed by atoms with Gasteiger partial charge in [0.1, 0.15) is 18.9 Å². The second-order valence-corrected chi connectivity index (χ2v) is 11.5. The molecule has 0 amide bonds. The highest BCUT2D eigenvalue weighted by Gasteiger charge is 2.12. The number of carbonyl (C=O) groups excluding carboxylic acids is 3. The van der Waals surface area contributed by atoms with Crippen LogP contribution in [0, 0.1) is 0 Å². The first kappa shape index (κ1) is 32.3. The van der Waals surface area contributed by atoms with Gasteiger partial charge in [-0.1, -0.05) is 146 Å². The van der Waals surface area contributed by atoms with Gasteiger partial charge in [-0.15, -0.1) is 0 Å².